The van der Waals surface area contributed by atoms with Gasteiger partial charge in [0.25, 0.3) is 5.56 Å². The van der Waals surface area contributed by atoms with Gasteiger partial charge in [0.15, 0.2) is 0 Å². The summed E-state index contributed by atoms with van der Waals surface area (Å²) in [5.41, 5.74) is 1.75. The molecule has 1 aliphatic rings. The summed E-state index contributed by atoms with van der Waals surface area (Å²) >= 11 is 3.14. The number of benzene rings is 1. The zero-order chi connectivity index (χ0) is 16.7. The first-order valence-corrected chi connectivity index (χ1v) is 9.30. The van der Waals surface area contributed by atoms with Gasteiger partial charge in [-0.3, -0.25) is 4.79 Å². The summed E-state index contributed by atoms with van der Waals surface area (Å²) in [7, 11) is 0. The van der Waals surface area contributed by atoms with Crippen LogP contribution in [-0.2, 0) is 6.54 Å². The van der Waals surface area contributed by atoms with E-state index < -0.39 is 5.97 Å². The molecular weight excluding hydrogens is 342 g/mol. The second kappa shape index (κ2) is 5.96. The number of carboxylic acid groups (broad SMARTS) is 1. The van der Waals surface area contributed by atoms with Crippen molar-refractivity contribution in [3.8, 4) is 21.7 Å². The van der Waals surface area contributed by atoms with Crippen LogP contribution in [-0.4, -0.2) is 21.4 Å². The van der Waals surface area contributed by atoms with Gasteiger partial charge in [-0.2, -0.15) is 0 Å². The summed E-state index contributed by atoms with van der Waals surface area (Å²) in [5.74, 6) is -0.268. The van der Waals surface area contributed by atoms with E-state index in [4.69, 9.17) is 0 Å². The number of pyridine rings is 1. The molecule has 1 aromatic carbocycles. The molecule has 3 heterocycles. The van der Waals surface area contributed by atoms with Crippen LogP contribution in [0.4, 0.5) is 0 Å². The van der Waals surface area contributed by atoms with Crippen LogP contribution in [0.1, 0.15) is 10.4 Å². The fraction of sp³-hybridized carbons (Fsp3) is 0.111. The van der Waals surface area contributed by atoms with Crippen molar-refractivity contribution in [1.29, 1.82) is 0 Å². The summed E-state index contributed by atoms with van der Waals surface area (Å²) in [4.78, 5) is 26.8. The third-order valence-corrected chi connectivity index (χ3v) is 6.11. The highest BCUT2D eigenvalue weighted by Gasteiger charge is 2.25. The van der Waals surface area contributed by atoms with E-state index >= 15 is 0 Å². The molecule has 0 aliphatic carbocycles. The normalized spacial score (nSPS) is 13.0. The summed E-state index contributed by atoms with van der Waals surface area (Å²) in [6.07, 6.45) is 0. The maximum absolute atomic E-state index is 13.0. The van der Waals surface area contributed by atoms with Crippen molar-refractivity contribution in [2.75, 3.05) is 5.75 Å². The number of aromatic nitrogens is 1. The van der Waals surface area contributed by atoms with Crippen LogP contribution in [0.2, 0.25) is 0 Å². The number of hydrogen-bond donors (Lipinski definition) is 1. The minimum absolute atomic E-state index is 0.136. The lowest BCUT2D eigenvalue weighted by atomic mass is 10.0. The minimum atomic E-state index is -1.01. The smallest absolute Gasteiger partial charge is 0.337 e. The van der Waals surface area contributed by atoms with E-state index in [-0.39, 0.29) is 11.1 Å². The van der Waals surface area contributed by atoms with E-state index in [1.54, 1.807) is 16.3 Å². The Morgan fingerprint density at radius 1 is 1.17 bits per heavy atom. The van der Waals surface area contributed by atoms with Gasteiger partial charge in [-0.05, 0) is 23.1 Å². The van der Waals surface area contributed by atoms with Crippen molar-refractivity contribution in [2.24, 2.45) is 0 Å². The van der Waals surface area contributed by atoms with Crippen LogP contribution in [0.25, 0.3) is 21.7 Å². The molecule has 0 amide bonds. The molecule has 0 spiro atoms. The predicted molar refractivity (Wildman–Crippen MR) is 97.1 cm³/mol. The maximum atomic E-state index is 13.0. The first-order valence-electron chi connectivity index (χ1n) is 7.44. The van der Waals surface area contributed by atoms with Crippen molar-refractivity contribution in [3.63, 3.8) is 0 Å². The van der Waals surface area contributed by atoms with Crippen molar-refractivity contribution in [2.45, 2.75) is 11.4 Å². The molecule has 120 valence electrons. The standard InChI is InChI=1S/C18H13NO3S2/c20-17-12(11-4-2-1-3-5-11)10-13(18(21)22)15-16-14(6-8-24-16)23-9-7-19(15)17/h1-6,8,10H,7,9H2,(H,21,22). The lowest BCUT2D eigenvalue weighted by molar-refractivity contribution is 0.0697. The maximum Gasteiger partial charge on any atom is 0.337 e. The van der Waals surface area contributed by atoms with E-state index in [9.17, 15) is 14.7 Å². The van der Waals surface area contributed by atoms with Crippen LogP contribution in [0, 0.1) is 0 Å². The van der Waals surface area contributed by atoms with Crippen LogP contribution in [0.5, 0.6) is 0 Å². The molecule has 3 aromatic rings. The van der Waals surface area contributed by atoms with Crippen molar-refractivity contribution in [1.82, 2.24) is 4.57 Å². The highest BCUT2D eigenvalue weighted by atomic mass is 32.2. The van der Waals surface area contributed by atoms with E-state index in [1.807, 2.05) is 41.8 Å². The molecule has 4 nitrogen and oxygen atoms in total. The molecule has 0 fully saturated rings. The Kier molecular flexibility index (Phi) is 3.78. The molecule has 6 heteroatoms. The van der Waals surface area contributed by atoms with Gasteiger partial charge in [-0.25, -0.2) is 4.79 Å². The Hall–Kier alpha value is -2.31. The van der Waals surface area contributed by atoms with Gasteiger partial charge in [0, 0.05) is 22.8 Å². The monoisotopic (exact) mass is 355 g/mol. The number of aromatic carboxylic acids is 1. The molecule has 0 saturated heterocycles. The minimum Gasteiger partial charge on any atom is -0.478 e. The summed E-state index contributed by atoms with van der Waals surface area (Å²) < 4.78 is 1.63. The SMILES string of the molecule is O=C(O)c1cc(-c2ccccc2)c(=O)n2c1-c1sccc1SCC2. The van der Waals surface area contributed by atoms with Gasteiger partial charge in [0.1, 0.15) is 0 Å². The van der Waals surface area contributed by atoms with Crippen LogP contribution >= 0.6 is 23.1 Å². The number of thiophene rings is 1. The van der Waals surface area contributed by atoms with Crippen molar-refractivity contribution in [3.05, 3.63) is 63.8 Å². The Labute approximate surface area is 146 Å². The lowest BCUT2D eigenvalue weighted by Crippen LogP contribution is -2.26. The summed E-state index contributed by atoms with van der Waals surface area (Å²) in [5, 5.41) is 11.7. The number of fused-ring (bicyclic) bond motifs is 3. The highest BCUT2D eigenvalue weighted by molar-refractivity contribution is 7.99. The molecule has 4 rings (SSSR count). The Bertz CT molecular complexity index is 989. The third-order valence-electron chi connectivity index (χ3n) is 4.02. The first kappa shape index (κ1) is 15.2. The quantitative estimate of drug-likeness (QED) is 0.753. The summed E-state index contributed by atoms with van der Waals surface area (Å²) in [6, 6.07) is 12.7. The molecule has 1 N–H and O–H groups in total. The first-order chi connectivity index (χ1) is 11.7. The van der Waals surface area contributed by atoms with E-state index in [0.29, 0.717) is 17.8 Å². The van der Waals surface area contributed by atoms with Crippen LogP contribution in [0.15, 0.2) is 57.5 Å². The second-order valence-corrected chi connectivity index (χ2v) is 7.46. The van der Waals surface area contributed by atoms with Gasteiger partial charge in [-0.1, -0.05) is 30.3 Å². The van der Waals surface area contributed by atoms with E-state index in [0.717, 1.165) is 21.1 Å². The molecule has 0 atom stereocenters. The molecule has 2 aromatic heterocycles. The lowest BCUT2D eigenvalue weighted by Gasteiger charge is -2.15. The zero-order valence-corrected chi connectivity index (χ0v) is 14.2. The van der Waals surface area contributed by atoms with Crippen LogP contribution < -0.4 is 5.56 Å². The largest absolute Gasteiger partial charge is 0.478 e. The molecule has 0 saturated carbocycles. The number of nitrogens with zero attached hydrogens (tertiary/aromatic N) is 1. The van der Waals surface area contributed by atoms with E-state index in [2.05, 4.69) is 0 Å². The Morgan fingerprint density at radius 3 is 2.71 bits per heavy atom. The van der Waals surface area contributed by atoms with Gasteiger partial charge < -0.3 is 9.67 Å². The van der Waals surface area contributed by atoms with Crippen molar-refractivity contribution < 1.29 is 9.90 Å². The fourth-order valence-electron chi connectivity index (χ4n) is 2.94. The second-order valence-electron chi connectivity index (χ2n) is 5.41. The molecule has 1 aliphatic heterocycles. The molecule has 0 radical (unpaired) electrons. The molecule has 24 heavy (non-hydrogen) atoms. The number of hydrogen-bond acceptors (Lipinski definition) is 4. The fourth-order valence-corrected chi connectivity index (χ4v) is 5.09. The van der Waals surface area contributed by atoms with E-state index in [1.165, 1.54) is 17.4 Å². The van der Waals surface area contributed by atoms with Crippen molar-refractivity contribution >= 4 is 29.1 Å². The van der Waals surface area contributed by atoms with Gasteiger partial charge in [0.05, 0.1) is 16.1 Å². The average molecular weight is 355 g/mol. The van der Waals surface area contributed by atoms with Gasteiger partial charge in [0.2, 0.25) is 0 Å². The third kappa shape index (κ3) is 2.39. The highest BCUT2D eigenvalue weighted by Crippen LogP contribution is 2.40. The zero-order valence-electron chi connectivity index (χ0n) is 12.6. The summed E-state index contributed by atoms with van der Waals surface area (Å²) in [6.45, 7) is 0.501. The number of carbonyl (C=O) groups is 1. The van der Waals surface area contributed by atoms with Gasteiger partial charge in [-0.15, -0.1) is 23.1 Å². The topological polar surface area (TPSA) is 59.3 Å². The molecular formula is C18H13NO3S2. The Balaban J connectivity index is 2.08. The molecule has 0 unspecified atom stereocenters. The number of rotatable bonds is 2. The number of thioether (sulfide) groups is 1. The molecule has 0 bridgehead atoms. The number of carboxylic acids is 1. The Morgan fingerprint density at radius 2 is 1.96 bits per heavy atom. The average Bonchev–Trinajstić information content (AvgIpc) is 2.97. The van der Waals surface area contributed by atoms with Crippen LogP contribution in [0.3, 0.4) is 0 Å². The van der Waals surface area contributed by atoms with Gasteiger partial charge >= 0.3 is 5.97 Å². The predicted octanol–water partition coefficient (Wildman–Crippen LogP) is 4.05.